The minimum absolute atomic E-state index is 0.0144. The Morgan fingerprint density at radius 2 is 1.92 bits per heavy atom. The smallest absolute Gasteiger partial charge is 0.365 e. The van der Waals surface area contributed by atoms with Gasteiger partial charge in [0.15, 0.2) is 23.2 Å². The van der Waals surface area contributed by atoms with Crippen LogP contribution in [0.2, 0.25) is 5.28 Å². The van der Waals surface area contributed by atoms with Crippen molar-refractivity contribution in [2.45, 2.75) is 37.3 Å². The number of aliphatic hydroxyl groups is 2. The Bertz CT molecular complexity index is 1370. The molecule has 1 aliphatic heterocycles. The van der Waals surface area contributed by atoms with Crippen molar-refractivity contribution < 1.29 is 48.4 Å². The molecule has 2 aromatic heterocycles. The highest BCUT2D eigenvalue weighted by atomic mass is 35.5. The molecule has 5 N–H and O–H groups in total. The predicted molar refractivity (Wildman–Crippen MR) is 129 cm³/mol. The van der Waals surface area contributed by atoms with E-state index in [0.717, 1.165) is 0 Å². The molecule has 1 fully saturated rings. The highest BCUT2D eigenvalue weighted by molar-refractivity contribution is 7.53. The second-order valence-electron chi connectivity index (χ2n) is 8.06. The lowest BCUT2D eigenvalue weighted by atomic mass is 10.1. The maximum Gasteiger partial charge on any atom is 0.365 e. The number of benzene rings is 1. The van der Waals surface area contributed by atoms with Crippen LogP contribution in [0.15, 0.2) is 36.7 Å². The standard InChI is InChI=1S/C21H23ClN5O10P/c1-2-35-19(31)20(38(32,33)34)36-8-11-13(28)14(29)18(37-11)27-9-23-12-15(25-21(22)26-16(12)27)24-17(30)10-6-4-3-5-7-10/h3-7,9,11,13-14,18,20,28-29H,2,8H2,1H3,(H2,32,33,34)(H,24,25,26,30)/t11-,13-,14-,18-,20+/m1/s1. The van der Waals surface area contributed by atoms with E-state index in [1.54, 1.807) is 30.3 Å². The molecule has 0 spiro atoms. The number of amides is 1. The van der Waals surface area contributed by atoms with Crippen LogP contribution < -0.4 is 5.32 Å². The fourth-order valence-corrected chi connectivity index (χ4v) is 4.53. The van der Waals surface area contributed by atoms with Gasteiger partial charge in [0.25, 0.3) is 11.8 Å². The Hall–Kier alpha value is -3.01. The number of carbonyl (C=O) groups is 2. The molecular formula is C21H23ClN5O10P. The molecule has 0 bridgehead atoms. The molecule has 5 atom stereocenters. The Kier molecular flexibility index (Phi) is 8.40. The number of esters is 1. The molecule has 4 rings (SSSR count). The van der Waals surface area contributed by atoms with Gasteiger partial charge in [0.05, 0.1) is 19.5 Å². The third-order valence-corrected chi connectivity index (χ3v) is 6.63. The summed E-state index contributed by atoms with van der Waals surface area (Å²) in [5.74, 6) is -4.03. The van der Waals surface area contributed by atoms with Crippen molar-refractivity contribution in [3.8, 4) is 0 Å². The Balaban J connectivity index is 1.55. The average Bonchev–Trinajstić information content (AvgIpc) is 3.40. The first-order valence-electron chi connectivity index (χ1n) is 11.1. The number of aliphatic hydroxyl groups excluding tert-OH is 2. The van der Waals surface area contributed by atoms with Gasteiger partial charge in [-0.1, -0.05) is 18.2 Å². The number of carbonyl (C=O) groups excluding carboxylic acids is 2. The third kappa shape index (κ3) is 5.85. The average molecular weight is 572 g/mol. The van der Waals surface area contributed by atoms with E-state index in [1.165, 1.54) is 17.8 Å². The van der Waals surface area contributed by atoms with Gasteiger partial charge in [0.1, 0.15) is 18.3 Å². The zero-order valence-corrected chi connectivity index (χ0v) is 21.3. The maximum absolute atomic E-state index is 12.6. The molecule has 17 heteroatoms. The first-order valence-corrected chi connectivity index (χ1v) is 13.2. The van der Waals surface area contributed by atoms with Crippen LogP contribution in [0.3, 0.4) is 0 Å². The summed E-state index contributed by atoms with van der Waals surface area (Å²) in [6.45, 7) is 0.626. The number of nitrogens with zero attached hydrogens (tertiary/aromatic N) is 4. The lowest BCUT2D eigenvalue weighted by Gasteiger charge is -2.20. The fourth-order valence-electron chi connectivity index (χ4n) is 3.73. The summed E-state index contributed by atoms with van der Waals surface area (Å²) in [7, 11) is -5.07. The Morgan fingerprint density at radius 1 is 1.21 bits per heavy atom. The van der Waals surface area contributed by atoms with Crippen molar-refractivity contribution in [2.24, 2.45) is 0 Å². The lowest BCUT2D eigenvalue weighted by Crippen LogP contribution is -2.36. The molecule has 0 radical (unpaired) electrons. The zero-order valence-electron chi connectivity index (χ0n) is 19.6. The number of imidazole rings is 1. The van der Waals surface area contributed by atoms with Gasteiger partial charge >= 0.3 is 13.6 Å². The summed E-state index contributed by atoms with van der Waals surface area (Å²) in [6, 6.07) is 8.32. The third-order valence-electron chi connectivity index (χ3n) is 5.49. The van der Waals surface area contributed by atoms with Gasteiger partial charge in [-0.2, -0.15) is 9.97 Å². The summed E-state index contributed by atoms with van der Waals surface area (Å²) in [5.41, 5.74) is 0.505. The van der Waals surface area contributed by atoms with Gasteiger partial charge in [-0.3, -0.25) is 13.9 Å². The number of halogens is 1. The number of anilines is 1. The number of rotatable bonds is 9. The largest absolute Gasteiger partial charge is 0.464 e. The monoisotopic (exact) mass is 571 g/mol. The van der Waals surface area contributed by atoms with Crippen molar-refractivity contribution in [1.29, 1.82) is 0 Å². The zero-order chi connectivity index (χ0) is 27.6. The number of hydrogen-bond acceptors (Lipinski definition) is 11. The van der Waals surface area contributed by atoms with Crippen LogP contribution in [0, 0.1) is 0 Å². The van der Waals surface area contributed by atoms with Gasteiger partial charge in [-0.25, -0.2) is 9.78 Å². The minimum atomic E-state index is -5.07. The molecule has 38 heavy (non-hydrogen) atoms. The van der Waals surface area contributed by atoms with Crippen LogP contribution in [-0.4, -0.2) is 88.8 Å². The van der Waals surface area contributed by atoms with Crippen LogP contribution in [0.4, 0.5) is 5.82 Å². The lowest BCUT2D eigenvalue weighted by molar-refractivity contribution is -0.155. The number of nitrogens with one attached hydrogen (secondary N) is 1. The quantitative estimate of drug-likeness (QED) is 0.134. The second kappa shape index (κ2) is 11.4. The summed E-state index contributed by atoms with van der Waals surface area (Å²) in [4.78, 5) is 55.7. The molecule has 1 amide bonds. The summed E-state index contributed by atoms with van der Waals surface area (Å²) in [5, 5.41) is 23.5. The van der Waals surface area contributed by atoms with E-state index in [1.807, 2.05) is 0 Å². The SMILES string of the molecule is CCOC(=O)[C@@H](OC[C@H]1O[C@@H](n2cnc3c(NC(=O)c4ccccc4)nc(Cl)nc32)[C@H](O)[C@@H]1O)P(=O)(O)O. The molecule has 204 valence electrons. The molecule has 1 aliphatic rings. The first-order chi connectivity index (χ1) is 18.0. The fraction of sp³-hybridized carbons (Fsp3) is 0.381. The first kappa shape index (κ1) is 28.0. The molecule has 3 aromatic rings. The highest BCUT2D eigenvalue weighted by Gasteiger charge is 2.46. The van der Waals surface area contributed by atoms with E-state index in [4.69, 9.17) is 21.1 Å². The van der Waals surface area contributed by atoms with Crippen molar-refractivity contribution in [3.63, 3.8) is 0 Å². The van der Waals surface area contributed by atoms with Gasteiger partial charge < -0.3 is 39.5 Å². The van der Waals surface area contributed by atoms with E-state index in [9.17, 15) is 34.2 Å². The van der Waals surface area contributed by atoms with E-state index >= 15 is 0 Å². The molecule has 0 unspecified atom stereocenters. The van der Waals surface area contributed by atoms with Crippen LogP contribution in [-0.2, 0) is 23.6 Å². The van der Waals surface area contributed by atoms with E-state index in [0.29, 0.717) is 5.56 Å². The van der Waals surface area contributed by atoms with Crippen LogP contribution in [0.25, 0.3) is 11.2 Å². The van der Waals surface area contributed by atoms with E-state index < -0.39 is 56.5 Å². The number of aromatic nitrogens is 4. The minimum Gasteiger partial charge on any atom is -0.464 e. The Morgan fingerprint density at radius 3 is 2.58 bits per heavy atom. The van der Waals surface area contributed by atoms with Crippen molar-refractivity contribution in [3.05, 3.63) is 47.5 Å². The molecular weight excluding hydrogens is 549 g/mol. The summed E-state index contributed by atoms with van der Waals surface area (Å²) < 4.78 is 28.3. The van der Waals surface area contributed by atoms with Gasteiger partial charge in [0, 0.05) is 5.56 Å². The highest BCUT2D eigenvalue weighted by Crippen LogP contribution is 2.43. The van der Waals surface area contributed by atoms with Crippen molar-refractivity contribution in [1.82, 2.24) is 19.5 Å². The predicted octanol–water partition coefficient (Wildman–Crippen LogP) is 0.435. The summed E-state index contributed by atoms with van der Waals surface area (Å²) >= 11 is 6.06. The van der Waals surface area contributed by atoms with Gasteiger partial charge in [0.2, 0.25) is 5.28 Å². The maximum atomic E-state index is 12.6. The molecule has 1 saturated heterocycles. The number of ether oxygens (including phenoxy) is 3. The number of hydrogen-bond donors (Lipinski definition) is 5. The summed E-state index contributed by atoms with van der Waals surface area (Å²) in [6.07, 6.45) is -4.57. The number of fused-ring (bicyclic) bond motifs is 1. The molecule has 1 aromatic carbocycles. The van der Waals surface area contributed by atoms with Crippen molar-refractivity contribution in [2.75, 3.05) is 18.5 Å². The Labute approximate surface area is 219 Å². The van der Waals surface area contributed by atoms with Crippen LogP contribution in [0.1, 0.15) is 23.5 Å². The topological polar surface area (TPSA) is 215 Å². The van der Waals surface area contributed by atoms with Gasteiger partial charge in [-0.05, 0) is 30.7 Å². The molecule has 3 heterocycles. The molecule has 0 aliphatic carbocycles. The molecule has 0 saturated carbocycles. The van der Waals surface area contributed by atoms with Gasteiger partial charge in [-0.15, -0.1) is 0 Å². The van der Waals surface area contributed by atoms with Crippen molar-refractivity contribution >= 4 is 48.1 Å². The van der Waals surface area contributed by atoms with Crippen LogP contribution >= 0.6 is 19.2 Å². The normalized spacial score (nSPS) is 22.4. The van der Waals surface area contributed by atoms with E-state index in [-0.39, 0.29) is 28.9 Å². The second-order valence-corrected chi connectivity index (χ2v) is 10.0. The van der Waals surface area contributed by atoms with E-state index in [2.05, 4.69) is 25.0 Å². The van der Waals surface area contributed by atoms with Crippen LogP contribution in [0.5, 0.6) is 0 Å². The molecule has 15 nitrogen and oxygen atoms in total.